The second-order valence-electron chi connectivity index (χ2n) is 4.55. The number of carbonyl (C=O) groups excluding carboxylic acids is 1. The van der Waals surface area contributed by atoms with Crippen molar-refractivity contribution in [3.8, 4) is 0 Å². The number of amides is 1. The van der Waals surface area contributed by atoms with Gasteiger partial charge in [-0.05, 0) is 33.2 Å². The van der Waals surface area contributed by atoms with Crippen molar-refractivity contribution in [1.82, 2.24) is 4.90 Å². The van der Waals surface area contributed by atoms with Crippen molar-refractivity contribution >= 4 is 17.3 Å². The molecule has 0 bridgehead atoms. The third kappa shape index (κ3) is 3.92. The van der Waals surface area contributed by atoms with Crippen LogP contribution < -0.4 is 11.1 Å². The standard InChI is InChI=1S/C12H18N4O3/c1-8(15(2)3)7-14-10-5-4-9(12(13)17)6-11(10)16(18)19/h4-6,8,14H,7H2,1-3H3,(H2,13,17). The molecule has 1 amide bonds. The Morgan fingerprint density at radius 2 is 2.16 bits per heavy atom. The zero-order valence-corrected chi connectivity index (χ0v) is 11.2. The Bertz CT molecular complexity index is 488. The lowest BCUT2D eigenvalue weighted by atomic mass is 10.1. The van der Waals surface area contributed by atoms with Crippen LogP contribution in [0.5, 0.6) is 0 Å². The summed E-state index contributed by atoms with van der Waals surface area (Å²) in [6.07, 6.45) is 0. The van der Waals surface area contributed by atoms with Gasteiger partial charge in [-0.15, -0.1) is 0 Å². The number of likely N-dealkylation sites (N-methyl/N-ethyl adjacent to an activating group) is 1. The second kappa shape index (κ2) is 6.14. The van der Waals surface area contributed by atoms with Crippen LogP contribution in [0.25, 0.3) is 0 Å². The fourth-order valence-corrected chi connectivity index (χ4v) is 1.43. The second-order valence-corrected chi connectivity index (χ2v) is 4.55. The lowest BCUT2D eigenvalue weighted by molar-refractivity contribution is -0.384. The molecule has 1 rings (SSSR count). The number of carbonyl (C=O) groups is 1. The van der Waals surface area contributed by atoms with Crippen molar-refractivity contribution in [1.29, 1.82) is 0 Å². The molecule has 7 nitrogen and oxygen atoms in total. The fourth-order valence-electron chi connectivity index (χ4n) is 1.43. The minimum absolute atomic E-state index is 0.123. The van der Waals surface area contributed by atoms with Crippen LogP contribution in [-0.2, 0) is 0 Å². The van der Waals surface area contributed by atoms with Gasteiger partial charge in [-0.25, -0.2) is 0 Å². The van der Waals surface area contributed by atoms with Crippen LogP contribution in [0.2, 0.25) is 0 Å². The first-order valence-electron chi connectivity index (χ1n) is 5.81. The van der Waals surface area contributed by atoms with Crippen LogP contribution >= 0.6 is 0 Å². The lowest BCUT2D eigenvalue weighted by Gasteiger charge is -2.20. The van der Waals surface area contributed by atoms with E-state index in [1.54, 1.807) is 0 Å². The molecule has 1 aromatic carbocycles. The molecule has 7 heteroatoms. The third-order valence-electron chi connectivity index (χ3n) is 2.95. The van der Waals surface area contributed by atoms with Gasteiger partial charge in [0.15, 0.2) is 0 Å². The Labute approximate surface area is 111 Å². The van der Waals surface area contributed by atoms with Gasteiger partial charge < -0.3 is 16.0 Å². The Hall–Kier alpha value is -2.15. The molecule has 0 aliphatic carbocycles. The number of nitrogens with two attached hydrogens (primary N) is 1. The zero-order valence-electron chi connectivity index (χ0n) is 11.2. The van der Waals surface area contributed by atoms with E-state index in [0.29, 0.717) is 12.2 Å². The molecule has 1 atom stereocenters. The largest absolute Gasteiger partial charge is 0.378 e. The van der Waals surface area contributed by atoms with Crippen LogP contribution in [0, 0.1) is 10.1 Å². The highest BCUT2D eigenvalue weighted by Crippen LogP contribution is 2.25. The predicted molar refractivity (Wildman–Crippen MR) is 73.3 cm³/mol. The molecule has 0 radical (unpaired) electrons. The molecule has 0 aromatic heterocycles. The number of benzene rings is 1. The summed E-state index contributed by atoms with van der Waals surface area (Å²) >= 11 is 0. The summed E-state index contributed by atoms with van der Waals surface area (Å²) in [5.41, 5.74) is 5.46. The van der Waals surface area contributed by atoms with Gasteiger partial charge in [-0.1, -0.05) is 0 Å². The predicted octanol–water partition coefficient (Wildman–Crippen LogP) is 1.06. The smallest absolute Gasteiger partial charge is 0.293 e. The van der Waals surface area contributed by atoms with E-state index >= 15 is 0 Å². The molecule has 0 saturated carbocycles. The van der Waals surface area contributed by atoms with E-state index in [4.69, 9.17) is 5.73 Å². The summed E-state index contributed by atoms with van der Waals surface area (Å²) in [6, 6.07) is 4.37. The zero-order chi connectivity index (χ0) is 14.6. The Balaban J connectivity index is 2.94. The normalized spacial score (nSPS) is 12.2. The molecule has 0 aliphatic heterocycles. The van der Waals surface area contributed by atoms with Crippen molar-refractivity contribution in [2.45, 2.75) is 13.0 Å². The molecule has 104 valence electrons. The van der Waals surface area contributed by atoms with Gasteiger partial charge in [0.25, 0.3) is 5.69 Å². The quantitative estimate of drug-likeness (QED) is 0.592. The summed E-state index contributed by atoms with van der Waals surface area (Å²) in [4.78, 5) is 23.5. The van der Waals surface area contributed by atoms with E-state index in [9.17, 15) is 14.9 Å². The Morgan fingerprint density at radius 1 is 1.53 bits per heavy atom. The summed E-state index contributed by atoms with van der Waals surface area (Å²) in [5, 5.41) is 14.0. The molecule has 1 unspecified atom stereocenters. The number of nitro benzene ring substituents is 1. The number of rotatable bonds is 6. The third-order valence-corrected chi connectivity index (χ3v) is 2.95. The minimum Gasteiger partial charge on any atom is -0.378 e. The molecule has 0 heterocycles. The summed E-state index contributed by atoms with van der Waals surface area (Å²) < 4.78 is 0. The van der Waals surface area contributed by atoms with Gasteiger partial charge in [0.1, 0.15) is 5.69 Å². The van der Waals surface area contributed by atoms with Crippen molar-refractivity contribution in [2.24, 2.45) is 5.73 Å². The molecule has 0 spiro atoms. The van der Waals surface area contributed by atoms with Crippen molar-refractivity contribution in [2.75, 3.05) is 26.0 Å². The fraction of sp³-hybridized carbons (Fsp3) is 0.417. The highest BCUT2D eigenvalue weighted by Gasteiger charge is 2.17. The number of nitrogens with zero attached hydrogens (tertiary/aromatic N) is 2. The average molecular weight is 266 g/mol. The Kier molecular flexibility index (Phi) is 4.82. The van der Waals surface area contributed by atoms with Crippen molar-refractivity contribution in [3.63, 3.8) is 0 Å². The first-order valence-corrected chi connectivity index (χ1v) is 5.81. The number of nitrogens with one attached hydrogen (secondary N) is 1. The molecule has 0 fully saturated rings. The van der Waals surface area contributed by atoms with Crippen LogP contribution in [-0.4, -0.2) is 42.4 Å². The average Bonchev–Trinajstić information content (AvgIpc) is 2.35. The monoisotopic (exact) mass is 266 g/mol. The highest BCUT2D eigenvalue weighted by atomic mass is 16.6. The lowest BCUT2D eigenvalue weighted by Crippen LogP contribution is -2.31. The molecule has 19 heavy (non-hydrogen) atoms. The maximum Gasteiger partial charge on any atom is 0.293 e. The van der Waals surface area contributed by atoms with Crippen molar-refractivity contribution < 1.29 is 9.72 Å². The van der Waals surface area contributed by atoms with E-state index in [1.165, 1.54) is 18.2 Å². The Morgan fingerprint density at radius 3 is 2.63 bits per heavy atom. The molecule has 1 aromatic rings. The SMILES string of the molecule is CC(CNc1ccc(C(N)=O)cc1[N+](=O)[O-])N(C)C. The van der Waals surface area contributed by atoms with E-state index < -0.39 is 10.8 Å². The summed E-state index contributed by atoms with van der Waals surface area (Å²) in [6.45, 7) is 2.56. The van der Waals surface area contributed by atoms with Gasteiger partial charge in [-0.3, -0.25) is 14.9 Å². The minimum atomic E-state index is -0.684. The number of nitro groups is 1. The van der Waals surface area contributed by atoms with Gasteiger partial charge in [0.2, 0.25) is 5.91 Å². The number of hydrogen-bond donors (Lipinski definition) is 2. The van der Waals surface area contributed by atoms with Crippen LogP contribution in [0.15, 0.2) is 18.2 Å². The number of hydrogen-bond acceptors (Lipinski definition) is 5. The first-order chi connectivity index (χ1) is 8.82. The number of primary amides is 1. The molecular weight excluding hydrogens is 248 g/mol. The summed E-state index contributed by atoms with van der Waals surface area (Å²) in [7, 11) is 3.86. The molecular formula is C12H18N4O3. The topological polar surface area (TPSA) is 101 Å². The van der Waals surface area contributed by atoms with E-state index in [0.717, 1.165) is 0 Å². The van der Waals surface area contributed by atoms with Gasteiger partial charge in [-0.2, -0.15) is 0 Å². The first kappa shape index (κ1) is 14.9. The maximum absolute atomic E-state index is 11.0. The highest BCUT2D eigenvalue weighted by molar-refractivity contribution is 5.94. The van der Waals surface area contributed by atoms with E-state index in [1.807, 2.05) is 25.9 Å². The van der Waals surface area contributed by atoms with E-state index in [-0.39, 0.29) is 17.3 Å². The van der Waals surface area contributed by atoms with Gasteiger partial charge in [0.05, 0.1) is 4.92 Å². The van der Waals surface area contributed by atoms with Crippen LogP contribution in [0.4, 0.5) is 11.4 Å². The number of anilines is 1. The van der Waals surface area contributed by atoms with Crippen molar-refractivity contribution in [3.05, 3.63) is 33.9 Å². The van der Waals surface area contributed by atoms with Gasteiger partial charge >= 0.3 is 0 Å². The van der Waals surface area contributed by atoms with Gasteiger partial charge in [0, 0.05) is 24.2 Å². The molecule has 3 N–H and O–H groups in total. The maximum atomic E-state index is 11.0. The van der Waals surface area contributed by atoms with Crippen LogP contribution in [0.1, 0.15) is 17.3 Å². The summed E-state index contributed by atoms with van der Waals surface area (Å²) in [5.74, 6) is -0.684. The molecule has 0 saturated heterocycles. The molecule has 0 aliphatic rings. The van der Waals surface area contributed by atoms with Crippen LogP contribution in [0.3, 0.4) is 0 Å². The van der Waals surface area contributed by atoms with E-state index in [2.05, 4.69) is 5.32 Å².